The summed E-state index contributed by atoms with van der Waals surface area (Å²) in [7, 11) is 0. The third kappa shape index (κ3) is 2.56. The summed E-state index contributed by atoms with van der Waals surface area (Å²) in [6.07, 6.45) is 1.87. The average Bonchev–Trinajstić information content (AvgIpc) is 2.86. The van der Waals surface area contributed by atoms with Crippen LogP contribution in [-0.4, -0.2) is 15.6 Å². The van der Waals surface area contributed by atoms with E-state index in [-0.39, 0.29) is 11.4 Å². The molecule has 0 aliphatic rings. The molecule has 0 aliphatic heterocycles. The fourth-order valence-corrected chi connectivity index (χ4v) is 2.70. The van der Waals surface area contributed by atoms with Crippen LogP contribution in [0.25, 0.3) is 10.9 Å². The minimum atomic E-state index is -0.961. The standard InChI is InChI=1S/C16H11BrFNO2/c17-15-12(2-1-3-13(15)18)9-19-7-6-10-4-5-11(16(20)21)8-14(10)19/h1-8H,9H2,(H,20,21). The molecule has 3 nitrogen and oxygen atoms in total. The Balaban J connectivity index is 2.06. The second-order valence-corrected chi connectivity index (χ2v) is 5.53. The van der Waals surface area contributed by atoms with E-state index in [1.165, 1.54) is 6.07 Å². The van der Waals surface area contributed by atoms with Gasteiger partial charge in [0.05, 0.1) is 10.0 Å². The summed E-state index contributed by atoms with van der Waals surface area (Å²) in [5.74, 6) is -1.27. The van der Waals surface area contributed by atoms with E-state index in [1.54, 1.807) is 24.3 Å². The maximum absolute atomic E-state index is 13.6. The van der Waals surface area contributed by atoms with Crippen molar-refractivity contribution >= 4 is 32.8 Å². The Bertz CT molecular complexity index is 841. The fraction of sp³-hybridized carbons (Fsp3) is 0.0625. The molecule has 0 saturated carbocycles. The van der Waals surface area contributed by atoms with E-state index in [4.69, 9.17) is 5.11 Å². The van der Waals surface area contributed by atoms with Gasteiger partial charge in [0.25, 0.3) is 0 Å². The number of fused-ring (bicyclic) bond motifs is 1. The van der Waals surface area contributed by atoms with Crippen LogP contribution in [0.15, 0.2) is 53.1 Å². The largest absolute Gasteiger partial charge is 0.478 e. The van der Waals surface area contributed by atoms with Gasteiger partial charge in [-0.05, 0) is 51.1 Å². The molecule has 1 heterocycles. The minimum absolute atomic E-state index is 0.237. The van der Waals surface area contributed by atoms with Crippen LogP contribution in [0.4, 0.5) is 4.39 Å². The Morgan fingerprint density at radius 2 is 2.05 bits per heavy atom. The van der Waals surface area contributed by atoms with Gasteiger partial charge in [-0.3, -0.25) is 0 Å². The minimum Gasteiger partial charge on any atom is -0.478 e. The first-order valence-corrected chi connectivity index (χ1v) is 7.10. The molecule has 0 spiro atoms. The number of aromatic nitrogens is 1. The Morgan fingerprint density at radius 3 is 2.81 bits per heavy atom. The molecule has 21 heavy (non-hydrogen) atoms. The number of rotatable bonds is 3. The zero-order valence-corrected chi connectivity index (χ0v) is 12.5. The number of hydrogen-bond donors (Lipinski definition) is 1. The van der Waals surface area contributed by atoms with Crippen molar-refractivity contribution in [2.75, 3.05) is 0 Å². The summed E-state index contributed by atoms with van der Waals surface area (Å²) < 4.78 is 15.9. The first-order valence-electron chi connectivity index (χ1n) is 6.31. The van der Waals surface area contributed by atoms with E-state index in [2.05, 4.69) is 15.9 Å². The molecule has 0 atom stereocenters. The topological polar surface area (TPSA) is 42.2 Å². The molecule has 3 aromatic rings. The number of benzene rings is 2. The van der Waals surface area contributed by atoms with Gasteiger partial charge in [0.1, 0.15) is 5.82 Å². The van der Waals surface area contributed by atoms with Gasteiger partial charge in [-0.1, -0.05) is 18.2 Å². The smallest absolute Gasteiger partial charge is 0.335 e. The molecule has 0 saturated heterocycles. The SMILES string of the molecule is O=C(O)c1ccc2ccn(Cc3cccc(F)c3Br)c2c1. The van der Waals surface area contributed by atoms with Gasteiger partial charge >= 0.3 is 5.97 Å². The van der Waals surface area contributed by atoms with Crippen LogP contribution in [0, 0.1) is 5.82 Å². The predicted molar refractivity (Wildman–Crippen MR) is 82.1 cm³/mol. The van der Waals surface area contributed by atoms with E-state index in [1.807, 2.05) is 22.9 Å². The molecular formula is C16H11BrFNO2. The first-order chi connectivity index (χ1) is 10.1. The second kappa shape index (κ2) is 5.33. The molecule has 0 unspecified atom stereocenters. The van der Waals surface area contributed by atoms with Crippen LogP contribution in [0.2, 0.25) is 0 Å². The van der Waals surface area contributed by atoms with Crippen LogP contribution in [-0.2, 0) is 6.54 Å². The summed E-state index contributed by atoms with van der Waals surface area (Å²) >= 11 is 3.25. The Kier molecular flexibility index (Phi) is 3.51. The molecule has 2 aromatic carbocycles. The van der Waals surface area contributed by atoms with Crippen molar-refractivity contribution in [2.24, 2.45) is 0 Å². The Hall–Kier alpha value is -2.14. The maximum atomic E-state index is 13.6. The zero-order valence-electron chi connectivity index (χ0n) is 10.9. The van der Waals surface area contributed by atoms with E-state index >= 15 is 0 Å². The van der Waals surface area contributed by atoms with Crippen molar-refractivity contribution in [2.45, 2.75) is 6.54 Å². The highest BCUT2D eigenvalue weighted by molar-refractivity contribution is 9.10. The lowest BCUT2D eigenvalue weighted by molar-refractivity contribution is 0.0697. The van der Waals surface area contributed by atoms with Crippen LogP contribution in [0.3, 0.4) is 0 Å². The number of nitrogens with zero attached hydrogens (tertiary/aromatic N) is 1. The van der Waals surface area contributed by atoms with Crippen molar-refractivity contribution in [1.82, 2.24) is 4.57 Å². The van der Waals surface area contributed by atoms with Gasteiger partial charge in [0.15, 0.2) is 0 Å². The molecule has 0 amide bonds. The van der Waals surface area contributed by atoms with Crippen LogP contribution >= 0.6 is 15.9 Å². The molecule has 5 heteroatoms. The third-order valence-electron chi connectivity index (χ3n) is 3.39. The van der Waals surface area contributed by atoms with Gasteiger partial charge in [-0.15, -0.1) is 0 Å². The van der Waals surface area contributed by atoms with Crippen LogP contribution in [0.1, 0.15) is 15.9 Å². The van der Waals surface area contributed by atoms with E-state index in [0.29, 0.717) is 11.0 Å². The first kappa shape index (κ1) is 13.8. The lowest BCUT2D eigenvalue weighted by Crippen LogP contribution is -2.01. The second-order valence-electron chi connectivity index (χ2n) is 4.74. The summed E-state index contributed by atoms with van der Waals surface area (Å²) in [4.78, 5) is 11.1. The number of aromatic carboxylic acids is 1. The molecule has 1 aromatic heterocycles. The quantitative estimate of drug-likeness (QED) is 0.767. The highest BCUT2D eigenvalue weighted by Crippen LogP contribution is 2.24. The van der Waals surface area contributed by atoms with Gasteiger partial charge in [-0.2, -0.15) is 0 Å². The van der Waals surface area contributed by atoms with Crippen molar-refractivity contribution in [3.63, 3.8) is 0 Å². The Labute approximate surface area is 128 Å². The molecule has 0 aliphatic carbocycles. The average molecular weight is 348 g/mol. The van der Waals surface area contributed by atoms with Gasteiger partial charge < -0.3 is 9.67 Å². The molecular weight excluding hydrogens is 337 g/mol. The number of carboxylic acid groups (broad SMARTS) is 1. The van der Waals surface area contributed by atoms with Gasteiger partial charge in [-0.25, -0.2) is 9.18 Å². The predicted octanol–water partition coefficient (Wildman–Crippen LogP) is 4.29. The lowest BCUT2D eigenvalue weighted by Gasteiger charge is -2.09. The highest BCUT2D eigenvalue weighted by Gasteiger charge is 2.10. The normalized spacial score (nSPS) is 11.0. The molecule has 106 valence electrons. The summed E-state index contributed by atoms with van der Waals surface area (Å²) in [6.45, 7) is 0.463. The van der Waals surface area contributed by atoms with Crippen molar-refractivity contribution in [3.8, 4) is 0 Å². The molecule has 0 fully saturated rings. The van der Waals surface area contributed by atoms with E-state index < -0.39 is 5.97 Å². The summed E-state index contributed by atoms with van der Waals surface area (Å²) in [6, 6.07) is 11.8. The van der Waals surface area contributed by atoms with Crippen LogP contribution < -0.4 is 0 Å². The molecule has 3 rings (SSSR count). The summed E-state index contributed by atoms with van der Waals surface area (Å²) in [5.41, 5.74) is 1.85. The zero-order chi connectivity index (χ0) is 15.0. The monoisotopic (exact) mass is 347 g/mol. The molecule has 0 radical (unpaired) electrons. The maximum Gasteiger partial charge on any atom is 0.335 e. The highest BCUT2D eigenvalue weighted by atomic mass is 79.9. The number of hydrogen-bond acceptors (Lipinski definition) is 1. The Morgan fingerprint density at radius 1 is 1.24 bits per heavy atom. The van der Waals surface area contributed by atoms with Crippen molar-refractivity contribution in [1.29, 1.82) is 0 Å². The fourth-order valence-electron chi connectivity index (χ4n) is 2.31. The number of halogens is 2. The summed E-state index contributed by atoms with van der Waals surface area (Å²) in [5, 5.41) is 10.0. The van der Waals surface area contributed by atoms with Crippen molar-refractivity contribution in [3.05, 3.63) is 70.1 Å². The van der Waals surface area contributed by atoms with Crippen LogP contribution in [0.5, 0.6) is 0 Å². The molecule has 1 N–H and O–H groups in total. The molecule has 0 bridgehead atoms. The van der Waals surface area contributed by atoms with Gasteiger partial charge in [0, 0.05) is 18.3 Å². The van der Waals surface area contributed by atoms with E-state index in [0.717, 1.165) is 16.5 Å². The van der Waals surface area contributed by atoms with Gasteiger partial charge in [0.2, 0.25) is 0 Å². The third-order valence-corrected chi connectivity index (χ3v) is 4.28. The lowest BCUT2D eigenvalue weighted by atomic mass is 10.1. The van der Waals surface area contributed by atoms with Crippen molar-refractivity contribution < 1.29 is 14.3 Å². The number of carboxylic acids is 1. The van der Waals surface area contributed by atoms with E-state index in [9.17, 15) is 9.18 Å². The number of carbonyl (C=O) groups is 1.